The number of benzene rings is 2. The Balaban J connectivity index is 1.61. The summed E-state index contributed by atoms with van der Waals surface area (Å²) in [5, 5.41) is 25.8. The highest BCUT2D eigenvalue weighted by atomic mass is 19.2. The van der Waals surface area contributed by atoms with Crippen LogP contribution in [-0.2, 0) is 11.3 Å². The number of halogens is 2. The standard InChI is InChI=1S/C25H27F2N7O4/c26-20-3-1-4-22(24(20)27)34(16-10-32-33(12-16)13-23(28)37)25-19-6-5-18(9-21(19)30-15-31-25)38-8-2-7-29-11-17(36)14-35/h1,3-6,9-10,12,15,17,29,35-36H,2,7-8,11,13-14H2,(H2,28,37). The third kappa shape index (κ3) is 6.37. The molecule has 0 spiro atoms. The van der Waals surface area contributed by atoms with Gasteiger partial charge in [-0.3, -0.25) is 14.4 Å². The van der Waals surface area contributed by atoms with Gasteiger partial charge in [-0.15, -0.1) is 0 Å². The highest BCUT2D eigenvalue weighted by Gasteiger charge is 2.23. The Hall–Kier alpha value is -4.20. The first-order valence-corrected chi connectivity index (χ1v) is 11.8. The summed E-state index contributed by atoms with van der Waals surface area (Å²) in [5.41, 5.74) is 5.99. The van der Waals surface area contributed by atoms with Crippen molar-refractivity contribution >= 4 is 34.0 Å². The minimum absolute atomic E-state index is 0.109. The Morgan fingerprint density at radius 1 is 1.24 bits per heavy atom. The molecular weight excluding hydrogens is 500 g/mol. The van der Waals surface area contributed by atoms with Crippen molar-refractivity contribution in [2.75, 3.05) is 31.2 Å². The van der Waals surface area contributed by atoms with Gasteiger partial charge in [-0.25, -0.2) is 18.7 Å². The number of rotatable bonds is 13. The molecule has 2 heterocycles. The lowest BCUT2D eigenvalue weighted by Gasteiger charge is -2.24. The minimum atomic E-state index is -1.08. The number of primary amides is 1. The average Bonchev–Trinajstić information content (AvgIpc) is 3.35. The summed E-state index contributed by atoms with van der Waals surface area (Å²) >= 11 is 0. The predicted octanol–water partition coefficient (Wildman–Crippen LogP) is 1.77. The topological polar surface area (TPSA) is 152 Å². The van der Waals surface area contributed by atoms with Crippen LogP contribution in [-0.4, -0.2) is 68.3 Å². The predicted molar refractivity (Wildman–Crippen MR) is 135 cm³/mol. The van der Waals surface area contributed by atoms with E-state index in [1.807, 2.05) is 0 Å². The van der Waals surface area contributed by atoms with Crippen LogP contribution in [0.4, 0.5) is 26.0 Å². The number of aliphatic hydroxyl groups excluding tert-OH is 2. The summed E-state index contributed by atoms with van der Waals surface area (Å²) in [6.45, 7) is 0.779. The molecule has 2 aromatic carbocycles. The molecule has 1 unspecified atom stereocenters. The molecule has 0 radical (unpaired) electrons. The zero-order valence-corrected chi connectivity index (χ0v) is 20.3. The molecule has 0 fully saturated rings. The van der Waals surface area contributed by atoms with Crippen molar-refractivity contribution in [2.24, 2.45) is 5.73 Å². The number of carbonyl (C=O) groups excluding carboxylic acids is 1. The number of anilines is 3. The fourth-order valence-electron chi connectivity index (χ4n) is 3.77. The zero-order chi connectivity index (χ0) is 27.1. The molecule has 38 heavy (non-hydrogen) atoms. The van der Waals surface area contributed by atoms with E-state index >= 15 is 0 Å². The third-order valence-corrected chi connectivity index (χ3v) is 5.52. The van der Waals surface area contributed by atoms with Crippen molar-refractivity contribution in [3.05, 3.63) is 66.8 Å². The summed E-state index contributed by atoms with van der Waals surface area (Å²) in [6.07, 6.45) is 4.03. The highest BCUT2D eigenvalue weighted by molar-refractivity contribution is 5.95. The highest BCUT2D eigenvalue weighted by Crippen LogP contribution is 2.39. The van der Waals surface area contributed by atoms with E-state index in [1.165, 1.54) is 40.4 Å². The quantitative estimate of drug-likeness (QED) is 0.191. The number of aliphatic hydroxyl groups is 2. The summed E-state index contributed by atoms with van der Waals surface area (Å²) in [7, 11) is 0. The van der Waals surface area contributed by atoms with E-state index in [4.69, 9.17) is 15.6 Å². The molecule has 4 rings (SSSR count). The number of amides is 1. The second kappa shape index (κ2) is 12.4. The fraction of sp³-hybridized carbons (Fsp3) is 0.280. The largest absolute Gasteiger partial charge is 0.493 e. The van der Waals surface area contributed by atoms with Crippen molar-refractivity contribution < 1.29 is 28.5 Å². The molecular formula is C25H27F2N7O4. The average molecular weight is 528 g/mol. The molecule has 13 heteroatoms. The van der Waals surface area contributed by atoms with Crippen molar-refractivity contribution in [3.8, 4) is 5.75 Å². The van der Waals surface area contributed by atoms with E-state index in [1.54, 1.807) is 18.2 Å². The van der Waals surface area contributed by atoms with Gasteiger partial charge in [0.1, 0.15) is 24.4 Å². The summed E-state index contributed by atoms with van der Waals surface area (Å²) in [6, 6.07) is 8.94. The first-order chi connectivity index (χ1) is 18.4. The van der Waals surface area contributed by atoms with E-state index in [2.05, 4.69) is 20.4 Å². The van der Waals surface area contributed by atoms with E-state index in [0.717, 1.165) is 6.07 Å². The van der Waals surface area contributed by atoms with Crippen molar-refractivity contribution in [2.45, 2.75) is 19.1 Å². The lowest BCUT2D eigenvalue weighted by atomic mass is 10.2. The maximum atomic E-state index is 15.0. The second-order valence-electron chi connectivity index (χ2n) is 8.39. The molecule has 1 amide bonds. The van der Waals surface area contributed by atoms with Crippen LogP contribution in [0.2, 0.25) is 0 Å². The summed E-state index contributed by atoms with van der Waals surface area (Å²) in [5.74, 6) is -1.92. The molecule has 0 saturated heterocycles. The first kappa shape index (κ1) is 26.9. The van der Waals surface area contributed by atoms with Gasteiger partial charge in [-0.1, -0.05) is 6.07 Å². The van der Waals surface area contributed by atoms with E-state index < -0.39 is 23.6 Å². The molecule has 11 nitrogen and oxygen atoms in total. The molecule has 200 valence electrons. The van der Waals surface area contributed by atoms with Crippen LogP contribution in [0.15, 0.2) is 55.1 Å². The van der Waals surface area contributed by atoms with Crippen molar-refractivity contribution in [1.29, 1.82) is 0 Å². The number of nitrogens with two attached hydrogens (primary N) is 1. The molecule has 4 aromatic rings. The second-order valence-corrected chi connectivity index (χ2v) is 8.39. The summed E-state index contributed by atoms with van der Waals surface area (Å²) < 4.78 is 36.3. The fourth-order valence-corrected chi connectivity index (χ4v) is 3.77. The van der Waals surface area contributed by atoms with Crippen LogP contribution in [0.5, 0.6) is 5.75 Å². The Morgan fingerprint density at radius 3 is 2.87 bits per heavy atom. The van der Waals surface area contributed by atoms with Crippen LogP contribution in [0, 0.1) is 11.6 Å². The van der Waals surface area contributed by atoms with Gasteiger partial charge >= 0.3 is 0 Å². The molecule has 0 aliphatic rings. The number of aromatic nitrogens is 4. The van der Waals surface area contributed by atoms with Crippen LogP contribution >= 0.6 is 0 Å². The van der Waals surface area contributed by atoms with Gasteiger partial charge in [0.05, 0.1) is 42.4 Å². The first-order valence-electron chi connectivity index (χ1n) is 11.8. The van der Waals surface area contributed by atoms with Crippen LogP contribution in [0.3, 0.4) is 0 Å². The minimum Gasteiger partial charge on any atom is -0.493 e. The van der Waals surface area contributed by atoms with Gasteiger partial charge in [0.25, 0.3) is 0 Å². The zero-order valence-electron chi connectivity index (χ0n) is 20.3. The SMILES string of the molecule is NC(=O)Cn1cc(N(c2cccc(F)c2F)c2ncnc3cc(OCCCNCC(O)CO)ccc23)cn1. The molecule has 2 aromatic heterocycles. The summed E-state index contributed by atoms with van der Waals surface area (Å²) in [4.78, 5) is 21.4. The van der Waals surface area contributed by atoms with Gasteiger partial charge in [-0.05, 0) is 37.2 Å². The van der Waals surface area contributed by atoms with Crippen molar-refractivity contribution in [3.63, 3.8) is 0 Å². The number of ether oxygens (including phenoxy) is 1. The lowest BCUT2D eigenvalue weighted by molar-refractivity contribution is -0.118. The van der Waals surface area contributed by atoms with Gasteiger partial charge in [0, 0.05) is 24.2 Å². The molecule has 1 atom stereocenters. The van der Waals surface area contributed by atoms with Crippen LogP contribution in [0.25, 0.3) is 10.9 Å². The number of fused-ring (bicyclic) bond motifs is 1. The van der Waals surface area contributed by atoms with E-state index in [9.17, 15) is 18.7 Å². The number of nitrogens with zero attached hydrogens (tertiary/aromatic N) is 5. The third-order valence-electron chi connectivity index (χ3n) is 5.52. The molecule has 0 bridgehead atoms. The lowest BCUT2D eigenvalue weighted by Crippen LogP contribution is -2.30. The number of nitrogens with one attached hydrogen (secondary N) is 1. The van der Waals surface area contributed by atoms with Crippen LogP contribution in [0.1, 0.15) is 6.42 Å². The maximum absolute atomic E-state index is 15.0. The van der Waals surface area contributed by atoms with E-state index in [0.29, 0.717) is 41.9 Å². The Kier molecular flexibility index (Phi) is 8.73. The Bertz CT molecular complexity index is 1400. The smallest absolute Gasteiger partial charge is 0.239 e. The number of hydrogen-bond acceptors (Lipinski definition) is 9. The van der Waals surface area contributed by atoms with Gasteiger partial charge in [0.15, 0.2) is 11.6 Å². The molecule has 0 aliphatic carbocycles. The maximum Gasteiger partial charge on any atom is 0.239 e. The normalized spacial score (nSPS) is 12.0. The monoisotopic (exact) mass is 527 g/mol. The Morgan fingerprint density at radius 2 is 2.08 bits per heavy atom. The van der Waals surface area contributed by atoms with Crippen LogP contribution < -0.4 is 20.7 Å². The number of carbonyl (C=O) groups is 1. The van der Waals surface area contributed by atoms with Gasteiger partial charge in [-0.2, -0.15) is 5.10 Å². The number of hydrogen-bond donors (Lipinski definition) is 4. The van der Waals surface area contributed by atoms with Gasteiger partial charge < -0.3 is 26.0 Å². The van der Waals surface area contributed by atoms with E-state index in [-0.39, 0.29) is 31.2 Å². The Labute approximate surface area is 216 Å². The molecule has 5 N–H and O–H groups in total. The van der Waals surface area contributed by atoms with Crippen molar-refractivity contribution in [1.82, 2.24) is 25.1 Å². The molecule has 0 aliphatic heterocycles. The van der Waals surface area contributed by atoms with Gasteiger partial charge in [0.2, 0.25) is 5.91 Å². The molecule has 0 saturated carbocycles.